The first-order valence-electron chi connectivity index (χ1n) is 8.23. The molecule has 0 spiro atoms. The highest BCUT2D eigenvalue weighted by atomic mass is 16.1. The summed E-state index contributed by atoms with van der Waals surface area (Å²) in [6.45, 7) is 6.48. The van der Waals surface area contributed by atoms with Crippen molar-refractivity contribution in [2.75, 3.05) is 18.4 Å². The zero-order valence-electron chi connectivity index (χ0n) is 13.2. The quantitative estimate of drug-likeness (QED) is 0.918. The van der Waals surface area contributed by atoms with E-state index in [0.29, 0.717) is 12.3 Å². The normalized spacial score (nSPS) is 20.5. The monoisotopic (exact) mass is 286 g/mol. The van der Waals surface area contributed by atoms with Gasteiger partial charge in [0.1, 0.15) is 0 Å². The fraction of sp³-hybridized carbons (Fsp3) is 0.611. The zero-order chi connectivity index (χ0) is 14.8. The van der Waals surface area contributed by atoms with Crippen LogP contribution in [-0.2, 0) is 4.79 Å². The van der Waals surface area contributed by atoms with Crippen molar-refractivity contribution in [2.45, 2.75) is 52.0 Å². The van der Waals surface area contributed by atoms with Gasteiger partial charge in [-0.3, -0.25) is 4.79 Å². The van der Waals surface area contributed by atoms with E-state index in [9.17, 15) is 4.79 Å². The Morgan fingerprint density at radius 2 is 1.76 bits per heavy atom. The lowest BCUT2D eigenvalue weighted by molar-refractivity contribution is -0.117. The van der Waals surface area contributed by atoms with Gasteiger partial charge in [-0.05, 0) is 69.7 Å². The van der Waals surface area contributed by atoms with Gasteiger partial charge in [-0.2, -0.15) is 0 Å². The lowest BCUT2D eigenvalue weighted by Gasteiger charge is -2.31. The second-order valence-electron chi connectivity index (χ2n) is 6.73. The Hall–Kier alpha value is -1.35. The van der Waals surface area contributed by atoms with Gasteiger partial charge in [0.05, 0.1) is 0 Å². The molecule has 0 bridgehead atoms. The molecular formula is C18H26N2O. The molecule has 0 atom stereocenters. The van der Waals surface area contributed by atoms with Gasteiger partial charge in [-0.25, -0.2) is 0 Å². The molecule has 3 heteroatoms. The number of aryl methyl sites for hydroxylation is 2. The van der Waals surface area contributed by atoms with E-state index in [1.165, 1.54) is 38.8 Å². The smallest absolute Gasteiger partial charge is 0.224 e. The maximum atomic E-state index is 12.3. The van der Waals surface area contributed by atoms with Crippen molar-refractivity contribution in [1.82, 2.24) is 4.90 Å². The molecule has 1 aromatic rings. The van der Waals surface area contributed by atoms with Crippen LogP contribution in [0.3, 0.4) is 0 Å². The average molecular weight is 286 g/mol. The second-order valence-corrected chi connectivity index (χ2v) is 6.73. The van der Waals surface area contributed by atoms with Crippen LogP contribution in [0.15, 0.2) is 18.2 Å². The summed E-state index contributed by atoms with van der Waals surface area (Å²) in [5.74, 6) is 0.738. The van der Waals surface area contributed by atoms with Crippen molar-refractivity contribution in [2.24, 2.45) is 5.92 Å². The first-order chi connectivity index (χ1) is 10.1. The number of carbonyl (C=O) groups excluding carboxylic acids is 1. The summed E-state index contributed by atoms with van der Waals surface area (Å²) < 4.78 is 0. The maximum absolute atomic E-state index is 12.3. The Balaban J connectivity index is 1.50. The molecule has 3 rings (SSSR count). The van der Waals surface area contributed by atoms with Gasteiger partial charge in [0.2, 0.25) is 5.91 Å². The first-order valence-corrected chi connectivity index (χ1v) is 8.23. The highest BCUT2D eigenvalue weighted by molar-refractivity contribution is 5.92. The number of benzene rings is 1. The molecule has 0 aromatic heterocycles. The van der Waals surface area contributed by atoms with Crippen molar-refractivity contribution in [3.8, 4) is 0 Å². The summed E-state index contributed by atoms with van der Waals surface area (Å²) in [5, 5.41) is 3.12. The van der Waals surface area contributed by atoms with Crippen LogP contribution in [0.25, 0.3) is 0 Å². The van der Waals surface area contributed by atoms with Crippen molar-refractivity contribution < 1.29 is 4.79 Å². The number of nitrogens with one attached hydrogen (secondary N) is 1. The van der Waals surface area contributed by atoms with Crippen LogP contribution >= 0.6 is 0 Å². The third-order valence-electron chi connectivity index (χ3n) is 4.93. The van der Waals surface area contributed by atoms with Gasteiger partial charge < -0.3 is 10.2 Å². The summed E-state index contributed by atoms with van der Waals surface area (Å²) in [5.41, 5.74) is 3.29. The largest absolute Gasteiger partial charge is 0.326 e. The number of likely N-dealkylation sites (tertiary alicyclic amines) is 1. The zero-order valence-corrected chi connectivity index (χ0v) is 13.2. The van der Waals surface area contributed by atoms with Crippen LogP contribution in [0.5, 0.6) is 0 Å². The minimum atomic E-state index is 0.178. The van der Waals surface area contributed by atoms with Gasteiger partial charge in [-0.1, -0.05) is 18.2 Å². The van der Waals surface area contributed by atoms with Crippen molar-refractivity contribution in [3.63, 3.8) is 0 Å². The van der Waals surface area contributed by atoms with E-state index in [4.69, 9.17) is 0 Å². The molecule has 1 heterocycles. The summed E-state index contributed by atoms with van der Waals surface area (Å²) >= 11 is 0. The molecule has 1 aliphatic carbocycles. The molecule has 1 amide bonds. The number of amides is 1. The van der Waals surface area contributed by atoms with E-state index >= 15 is 0 Å². The summed E-state index contributed by atoms with van der Waals surface area (Å²) in [6, 6.07) is 7.01. The highest BCUT2D eigenvalue weighted by Gasteiger charge is 2.32. The molecule has 1 saturated heterocycles. The summed E-state index contributed by atoms with van der Waals surface area (Å²) in [4.78, 5) is 14.9. The van der Waals surface area contributed by atoms with E-state index in [1.54, 1.807) is 0 Å². The fourth-order valence-electron chi connectivity index (χ4n) is 3.43. The topological polar surface area (TPSA) is 32.3 Å². The van der Waals surface area contributed by atoms with Gasteiger partial charge in [0.25, 0.3) is 0 Å². The molecule has 3 nitrogen and oxygen atoms in total. The van der Waals surface area contributed by atoms with Crippen LogP contribution in [0, 0.1) is 19.8 Å². The van der Waals surface area contributed by atoms with Crippen molar-refractivity contribution >= 4 is 11.6 Å². The predicted octanol–water partition coefficient (Wildman–Crippen LogP) is 3.51. The minimum absolute atomic E-state index is 0.178. The lowest BCUT2D eigenvalue weighted by Crippen LogP contribution is -2.36. The SMILES string of the molecule is Cc1cccc(C)c1NC(=O)CC1CCN(C2CC2)CC1. The Kier molecular flexibility index (Phi) is 4.29. The van der Waals surface area contributed by atoms with E-state index in [-0.39, 0.29) is 5.91 Å². The lowest BCUT2D eigenvalue weighted by atomic mass is 9.93. The predicted molar refractivity (Wildman–Crippen MR) is 86.5 cm³/mol. The van der Waals surface area contributed by atoms with E-state index in [0.717, 1.165) is 22.9 Å². The minimum Gasteiger partial charge on any atom is -0.326 e. The Morgan fingerprint density at radius 3 is 2.33 bits per heavy atom. The molecule has 2 aliphatic rings. The van der Waals surface area contributed by atoms with Gasteiger partial charge >= 0.3 is 0 Å². The summed E-state index contributed by atoms with van der Waals surface area (Å²) in [6.07, 6.45) is 5.80. The summed E-state index contributed by atoms with van der Waals surface area (Å²) in [7, 11) is 0. The van der Waals surface area contributed by atoms with E-state index in [1.807, 2.05) is 6.07 Å². The highest BCUT2D eigenvalue weighted by Crippen LogP contribution is 2.32. The Labute approximate surface area is 127 Å². The molecule has 21 heavy (non-hydrogen) atoms. The average Bonchev–Trinajstić information content (AvgIpc) is 3.28. The van der Waals surface area contributed by atoms with Crippen molar-refractivity contribution in [1.29, 1.82) is 0 Å². The van der Waals surface area contributed by atoms with Gasteiger partial charge in [-0.15, -0.1) is 0 Å². The molecule has 114 valence electrons. The number of rotatable bonds is 4. The van der Waals surface area contributed by atoms with E-state index in [2.05, 4.69) is 36.2 Å². The van der Waals surface area contributed by atoms with Crippen LogP contribution < -0.4 is 5.32 Å². The number of hydrogen-bond acceptors (Lipinski definition) is 2. The van der Waals surface area contributed by atoms with Crippen LogP contribution in [0.2, 0.25) is 0 Å². The number of piperidine rings is 1. The number of carbonyl (C=O) groups is 1. The second kappa shape index (κ2) is 6.18. The molecule has 1 aliphatic heterocycles. The van der Waals surface area contributed by atoms with Crippen LogP contribution in [0.4, 0.5) is 5.69 Å². The van der Waals surface area contributed by atoms with Crippen molar-refractivity contribution in [3.05, 3.63) is 29.3 Å². The number of para-hydroxylation sites is 1. The number of anilines is 1. The first kappa shape index (κ1) is 14.6. The number of hydrogen-bond donors (Lipinski definition) is 1. The molecule has 0 unspecified atom stereocenters. The molecule has 1 N–H and O–H groups in total. The third-order valence-corrected chi connectivity index (χ3v) is 4.93. The standard InChI is InChI=1S/C18H26N2O/c1-13-4-3-5-14(2)18(13)19-17(21)12-15-8-10-20(11-9-15)16-6-7-16/h3-5,15-16H,6-12H2,1-2H3,(H,19,21). The van der Waals surface area contributed by atoms with Gasteiger partial charge in [0, 0.05) is 18.2 Å². The Morgan fingerprint density at radius 1 is 1.14 bits per heavy atom. The fourth-order valence-corrected chi connectivity index (χ4v) is 3.43. The Bertz CT molecular complexity index is 494. The number of nitrogens with zero attached hydrogens (tertiary/aromatic N) is 1. The third kappa shape index (κ3) is 3.65. The van der Waals surface area contributed by atoms with Crippen LogP contribution in [0.1, 0.15) is 43.2 Å². The molecule has 2 fully saturated rings. The molecule has 1 aromatic carbocycles. The van der Waals surface area contributed by atoms with E-state index < -0.39 is 0 Å². The van der Waals surface area contributed by atoms with Gasteiger partial charge in [0.15, 0.2) is 0 Å². The molecule has 0 radical (unpaired) electrons. The van der Waals surface area contributed by atoms with Crippen LogP contribution in [-0.4, -0.2) is 29.9 Å². The molecular weight excluding hydrogens is 260 g/mol. The molecule has 1 saturated carbocycles. The maximum Gasteiger partial charge on any atom is 0.224 e.